The second-order valence-electron chi connectivity index (χ2n) is 8.54. The maximum absolute atomic E-state index is 7.32. The summed E-state index contributed by atoms with van der Waals surface area (Å²) in [5.41, 5.74) is 4.38. The molecule has 0 aliphatic heterocycles. The van der Waals surface area contributed by atoms with Crippen LogP contribution in [0.15, 0.2) is 54.6 Å². The van der Waals surface area contributed by atoms with E-state index in [0.717, 1.165) is 25.8 Å². The van der Waals surface area contributed by atoms with Crippen LogP contribution in [-0.2, 0) is 12.8 Å². The third-order valence-corrected chi connectivity index (χ3v) is 6.39. The van der Waals surface area contributed by atoms with Crippen molar-refractivity contribution >= 4 is 11.6 Å². The highest BCUT2D eigenvalue weighted by Gasteiger charge is 2.23. The van der Waals surface area contributed by atoms with Crippen LogP contribution in [0.3, 0.4) is 0 Å². The Morgan fingerprint density at radius 1 is 0.967 bits per heavy atom. The Hall–Kier alpha value is -1.82. The first-order chi connectivity index (χ1) is 14.5. The van der Waals surface area contributed by atoms with Crippen molar-refractivity contribution in [1.82, 2.24) is 4.90 Å². The van der Waals surface area contributed by atoms with Crippen molar-refractivity contribution in [2.24, 2.45) is 0 Å². The Labute approximate surface area is 188 Å². The summed E-state index contributed by atoms with van der Waals surface area (Å²) in [6, 6.07) is 22.5. The summed E-state index contributed by atoms with van der Waals surface area (Å²) in [5, 5.41) is 7.70. The van der Waals surface area contributed by atoms with Crippen molar-refractivity contribution in [3.63, 3.8) is 0 Å². The van der Waals surface area contributed by atoms with E-state index >= 15 is 0 Å². The summed E-state index contributed by atoms with van der Waals surface area (Å²) >= 11 is 6.27. The fourth-order valence-electron chi connectivity index (χ4n) is 4.22. The van der Waals surface area contributed by atoms with Crippen molar-refractivity contribution in [1.29, 1.82) is 5.26 Å². The third-order valence-electron chi connectivity index (χ3n) is 5.99. The molecule has 0 spiro atoms. The van der Waals surface area contributed by atoms with Crippen LogP contribution in [0, 0.1) is 11.3 Å². The van der Waals surface area contributed by atoms with Gasteiger partial charge in [-0.1, -0.05) is 54.6 Å². The lowest BCUT2D eigenvalue weighted by molar-refractivity contribution is 0.222. The van der Waals surface area contributed by atoms with Crippen molar-refractivity contribution < 1.29 is 0 Å². The molecule has 1 aliphatic carbocycles. The topological polar surface area (TPSA) is 27.0 Å². The molecule has 0 aromatic heterocycles. The van der Waals surface area contributed by atoms with E-state index in [1.807, 2.05) is 0 Å². The Bertz CT molecular complexity index is 749. The Morgan fingerprint density at radius 2 is 1.60 bits per heavy atom. The second-order valence-corrected chi connectivity index (χ2v) is 9.16. The maximum Gasteiger partial charge on any atom is 0.0587 e. The summed E-state index contributed by atoms with van der Waals surface area (Å²) in [6.07, 6.45) is 7.08. The summed E-state index contributed by atoms with van der Waals surface area (Å²) in [5.74, 6) is 0.677. The van der Waals surface area contributed by atoms with Crippen molar-refractivity contribution in [2.45, 2.75) is 76.6 Å². The smallest absolute Gasteiger partial charge is 0.0587 e. The van der Waals surface area contributed by atoms with Gasteiger partial charge in [-0.05, 0) is 81.5 Å². The van der Waals surface area contributed by atoms with Crippen LogP contribution in [-0.4, -0.2) is 29.4 Å². The molecular formula is C27H37ClN2. The van der Waals surface area contributed by atoms with Gasteiger partial charge in [0.1, 0.15) is 0 Å². The molecule has 1 aliphatic rings. The lowest BCUT2D eigenvalue weighted by Gasteiger charge is -2.26. The zero-order valence-corrected chi connectivity index (χ0v) is 19.6. The fourth-order valence-corrected chi connectivity index (χ4v) is 4.56. The van der Waals surface area contributed by atoms with E-state index in [0.29, 0.717) is 17.3 Å². The summed E-state index contributed by atoms with van der Waals surface area (Å²) < 4.78 is 0. The number of hydrogen-bond donors (Lipinski definition) is 0. The molecule has 1 saturated carbocycles. The molecule has 3 heteroatoms. The van der Waals surface area contributed by atoms with Crippen molar-refractivity contribution in [3.8, 4) is 6.07 Å². The van der Waals surface area contributed by atoms with Gasteiger partial charge in [0.25, 0.3) is 0 Å². The van der Waals surface area contributed by atoms with E-state index in [2.05, 4.69) is 73.3 Å². The number of halogens is 1. The number of alkyl halides is 1. The van der Waals surface area contributed by atoms with Gasteiger partial charge >= 0.3 is 0 Å². The average Bonchev–Trinajstić information content (AvgIpc) is 3.18. The molecule has 0 radical (unpaired) electrons. The standard InChI is InChI=1S/C25H34ClN.C2H3N/c1-20(2)27(18-16-21-7-4-3-5-8-21)17-6-9-22-10-12-23(13-11-22)24-14-15-25(26)19-24;1-2-3/h3-5,7-8,10-13,20,24-25H,6,9,14-19H2,1-2H3;1H3. The summed E-state index contributed by atoms with van der Waals surface area (Å²) in [7, 11) is 0. The normalized spacial score (nSPS) is 18.2. The minimum Gasteiger partial charge on any atom is -0.301 e. The molecule has 2 aromatic carbocycles. The van der Waals surface area contributed by atoms with E-state index in [1.54, 1.807) is 6.07 Å². The van der Waals surface area contributed by atoms with Gasteiger partial charge in [0.05, 0.1) is 6.07 Å². The van der Waals surface area contributed by atoms with Gasteiger partial charge < -0.3 is 4.90 Å². The lowest BCUT2D eigenvalue weighted by Crippen LogP contribution is -2.34. The molecular weight excluding hydrogens is 388 g/mol. The zero-order chi connectivity index (χ0) is 21.8. The Balaban J connectivity index is 0.00000101. The van der Waals surface area contributed by atoms with Crippen LogP contribution in [0.25, 0.3) is 0 Å². The average molecular weight is 425 g/mol. The van der Waals surface area contributed by atoms with Crippen LogP contribution < -0.4 is 0 Å². The van der Waals surface area contributed by atoms with Gasteiger partial charge in [-0.2, -0.15) is 5.26 Å². The molecule has 2 nitrogen and oxygen atoms in total. The number of nitriles is 1. The Kier molecular flexibility index (Phi) is 11.0. The van der Waals surface area contributed by atoms with Gasteiger partial charge in [0.15, 0.2) is 0 Å². The summed E-state index contributed by atoms with van der Waals surface area (Å²) in [6.45, 7) is 8.36. The molecule has 0 amide bonds. The van der Waals surface area contributed by atoms with Gasteiger partial charge in [-0.3, -0.25) is 0 Å². The highest BCUT2D eigenvalue weighted by Crippen LogP contribution is 2.37. The molecule has 0 heterocycles. The van der Waals surface area contributed by atoms with E-state index in [4.69, 9.17) is 16.9 Å². The molecule has 2 unspecified atom stereocenters. The Morgan fingerprint density at radius 3 is 2.17 bits per heavy atom. The van der Waals surface area contributed by atoms with Gasteiger partial charge in [-0.25, -0.2) is 0 Å². The summed E-state index contributed by atoms with van der Waals surface area (Å²) in [4.78, 5) is 2.61. The van der Waals surface area contributed by atoms with Crippen LogP contribution in [0.4, 0.5) is 0 Å². The van der Waals surface area contributed by atoms with Crippen LogP contribution >= 0.6 is 11.6 Å². The lowest BCUT2D eigenvalue weighted by atomic mass is 9.96. The number of benzene rings is 2. The molecule has 2 atom stereocenters. The minimum absolute atomic E-state index is 0.382. The first-order valence-corrected chi connectivity index (χ1v) is 11.8. The van der Waals surface area contributed by atoms with E-state index in [1.165, 1.54) is 49.4 Å². The third kappa shape index (κ3) is 8.50. The molecule has 1 fully saturated rings. The largest absolute Gasteiger partial charge is 0.301 e. The first-order valence-electron chi connectivity index (χ1n) is 11.3. The SMILES string of the molecule is CC#N.CC(C)N(CCCc1ccc(C2CCC(Cl)C2)cc1)CCc1ccccc1. The molecule has 0 N–H and O–H groups in total. The number of hydrogen-bond acceptors (Lipinski definition) is 2. The van der Waals surface area contributed by atoms with E-state index in [-0.39, 0.29) is 0 Å². The predicted octanol–water partition coefficient (Wildman–Crippen LogP) is 6.98. The van der Waals surface area contributed by atoms with Gasteiger partial charge in [0, 0.05) is 24.9 Å². The number of nitrogens with zero attached hydrogens (tertiary/aromatic N) is 2. The van der Waals surface area contributed by atoms with Gasteiger partial charge in [0.2, 0.25) is 0 Å². The van der Waals surface area contributed by atoms with Crippen LogP contribution in [0.5, 0.6) is 0 Å². The predicted molar refractivity (Wildman–Crippen MR) is 129 cm³/mol. The van der Waals surface area contributed by atoms with E-state index < -0.39 is 0 Å². The van der Waals surface area contributed by atoms with Crippen LogP contribution in [0.1, 0.15) is 69.1 Å². The molecule has 2 aromatic rings. The fraction of sp³-hybridized carbons (Fsp3) is 0.519. The zero-order valence-electron chi connectivity index (χ0n) is 18.9. The van der Waals surface area contributed by atoms with Crippen LogP contribution in [0.2, 0.25) is 0 Å². The van der Waals surface area contributed by atoms with Crippen molar-refractivity contribution in [2.75, 3.05) is 13.1 Å². The molecule has 30 heavy (non-hydrogen) atoms. The monoisotopic (exact) mass is 424 g/mol. The quantitative estimate of drug-likeness (QED) is 0.406. The maximum atomic E-state index is 7.32. The van der Waals surface area contributed by atoms with Crippen molar-refractivity contribution in [3.05, 3.63) is 71.3 Å². The van der Waals surface area contributed by atoms with Gasteiger partial charge in [-0.15, -0.1) is 11.6 Å². The molecule has 162 valence electrons. The molecule has 0 bridgehead atoms. The molecule has 0 saturated heterocycles. The van der Waals surface area contributed by atoms with E-state index in [9.17, 15) is 0 Å². The highest BCUT2D eigenvalue weighted by molar-refractivity contribution is 6.20. The number of aryl methyl sites for hydroxylation is 1. The first kappa shape index (κ1) is 24.4. The second kappa shape index (κ2) is 13.5. The molecule has 3 rings (SSSR count). The highest BCUT2D eigenvalue weighted by atomic mass is 35.5. The minimum atomic E-state index is 0.382. The number of rotatable bonds is 9.